The molecule has 1 unspecified atom stereocenters. The molecule has 3 nitrogen and oxygen atoms in total. The third-order valence-electron chi connectivity index (χ3n) is 3.92. The van der Waals surface area contributed by atoms with Gasteiger partial charge in [0.15, 0.2) is 11.5 Å². The highest BCUT2D eigenvalue weighted by Crippen LogP contribution is 2.27. The van der Waals surface area contributed by atoms with Gasteiger partial charge >= 0.3 is 0 Å². The van der Waals surface area contributed by atoms with Crippen molar-refractivity contribution in [3.63, 3.8) is 0 Å². The van der Waals surface area contributed by atoms with Crippen LogP contribution in [0.5, 0.6) is 0 Å². The van der Waals surface area contributed by atoms with Gasteiger partial charge < -0.3 is 9.73 Å². The molecule has 1 heterocycles. The van der Waals surface area contributed by atoms with Crippen LogP contribution in [0.2, 0.25) is 0 Å². The van der Waals surface area contributed by atoms with Crippen molar-refractivity contribution in [1.29, 1.82) is 0 Å². The lowest BCUT2D eigenvalue weighted by Gasteiger charge is -2.32. The maximum Gasteiger partial charge on any atom is 0.197 e. The first kappa shape index (κ1) is 13.1. The molecule has 0 radical (unpaired) electrons. The van der Waals surface area contributed by atoms with Crippen molar-refractivity contribution in [2.24, 2.45) is 5.41 Å². The summed E-state index contributed by atoms with van der Waals surface area (Å²) >= 11 is 0. The minimum atomic E-state index is 0.232. The average Bonchev–Trinajstić information content (AvgIpc) is 2.78. The lowest BCUT2D eigenvalue weighted by Crippen LogP contribution is -2.41. The van der Waals surface area contributed by atoms with E-state index in [1.165, 1.54) is 0 Å². The average molecular weight is 246 g/mol. The van der Waals surface area contributed by atoms with E-state index in [0.717, 1.165) is 29.8 Å². The van der Waals surface area contributed by atoms with E-state index >= 15 is 0 Å². The van der Waals surface area contributed by atoms with Gasteiger partial charge in [0.2, 0.25) is 0 Å². The second-order valence-corrected chi connectivity index (χ2v) is 5.46. The van der Waals surface area contributed by atoms with Crippen LogP contribution in [0.15, 0.2) is 28.7 Å². The van der Waals surface area contributed by atoms with Crippen molar-refractivity contribution in [2.45, 2.75) is 39.7 Å². The van der Waals surface area contributed by atoms with Crippen molar-refractivity contribution < 1.29 is 4.42 Å². The molecule has 0 amide bonds. The van der Waals surface area contributed by atoms with E-state index in [1.807, 2.05) is 31.3 Å². The standard InChI is InChI=1S/C15H22N2O/c1-5-15(2,3)13(16-4)10-14-17-11-8-6-7-9-12(11)18-14/h6-9,13,16H,5,10H2,1-4H3. The monoisotopic (exact) mass is 246 g/mol. The third-order valence-corrected chi connectivity index (χ3v) is 3.92. The Labute approximate surface area is 109 Å². The molecule has 1 N–H and O–H groups in total. The van der Waals surface area contributed by atoms with Crippen LogP contribution in [0.3, 0.4) is 0 Å². The van der Waals surface area contributed by atoms with Gasteiger partial charge in [-0.2, -0.15) is 0 Å². The zero-order valence-electron chi connectivity index (χ0n) is 11.7. The molecule has 0 saturated heterocycles. The number of hydrogen-bond donors (Lipinski definition) is 1. The number of rotatable bonds is 5. The first-order chi connectivity index (χ1) is 8.56. The number of nitrogens with zero attached hydrogens (tertiary/aromatic N) is 1. The van der Waals surface area contributed by atoms with Crippen LogP contribution in [0.25, 0.3) is 11.1 Å². The molecule has 0 aliphatic rings. The third kappa shape index (κ3) is 2.56. The van der Waals surface area contributed by atoms with Crippen molar-refractivity contribution in [1.82, 2.24) is 10.3 Å². The predicted molar refractivity (Wildman–Crippen MR) is 74.6 cm³/mol. The van der Waals surface area contributed by atoms with Crippen molar-refractivity contribution in [3.8, 4) is 0 Å². The Morgan fingerprint density at radius 2 is 2.06 bits per heavy atom. The van der Waals surface area contributed by atoms with Crippen LogP contribution < -0.4 is 5.32 Å². The normalized spacial score (nSPS) is 14.0. The molecule has 0 fully saturated rings. The van der Waals surface area contributed by atoms with E-state index in [4.69, 9.17) is 4.42 Å². The van der Waals surface area contributed by atoms with E-state index in [-0.39, 0.29) is 5.41 Å². The van der Waals surface area contributed by atoms with Gasteiger partial charge in [-0.05, 0) is 31.0 Å². The summed E-state index contributed by atoms with van der Waals surface area (Å²) in [5.74, 6) is 0.817. The molecule has 1 atom stereocenters. The summed E-state index contributed by atoms with van der Waals surface area (Å²) in [6, 6.07) is 8.28. The second-order valence-electron chi connectivity index (χ2n) is 5.46. The van der Waals surface area contributed by atoms with Gasteiger partial charge in [0.1, 0.15) is 5.52 Å². The number of hydrogen-bond acceptors (Lipinski definition) is 3. The fourth-order valence-corrected chi connectivity index (χ4v) is 2.20. The predicted octanol–water partition coefficient (Wildman–Crippen LogP) is 3.39. The second kappa shape index (κ2) is 5.11. The highest BCUT2D eigenvalue weighted by molar-refractivity contribution is 5.72. The zero-order chi connectivity index (χ0) is 13.2. The molecule has 2 rings (SSSR count). The van der Waals surface area contributed by atoms with Crippen molar-refractivity contribution >= 4 is 11.1 Å². The van der Waals surface area contributed by atoms with Crippen LogP contribution in [0, 0.1) is 5.41 Å². The first-order valence-electron chi connectivity index (χ1n) is 6.58. The number of para-hydroxylation sites is 2. The van der Waals surface area contributed by atoms with Gasteiger partial charge in [-0.3, -0.25) is 0 Å². The lowest BCUT2D eigenvalue weighted by molar-refractivity contribution is 0.230. The van der Waals surface area contributed by atoms with Gasteiger partial charge in [-0.25, -0.2) is 4.98 Å². The number of oxazole rings is 1. The van der Waals surface area contributed by atoms with Crippen LogP contribution in [-0.4, -0.2) is 18.1 Å². The quantitative estimate of drug-likeness (QED) is 0.878. The summed E-state index contributed by atoms with van der Waals surface area (Å²) in [6.07, 6.45) is 1.95. The Kier molecular flexibility index (Phi) is 3.71. The largest absolute Gasteiger partial charge is 0.441 e. The van der Waals surface area contributed by atoms with Gasteiger partial charge in [0.05, 0.1) is 0 Å². The Morgan fingerprint density at radius 1 is 1.33 bits per heavy atom. The van der Waals surface area contributed by atoms with E-state index in [9.17, 15) is 0 Å². The lowest BCUT2D eigenvalue weighted by atomic mass is 9.80. The molecule has 18 heavy (non-hydrogen) atoms. The SMILES string of the molecule is CCC(C)(C)C(Cc1nc2ccccc2o1)NC. The smallest absolute Gasteiger partial charge is 0.197 e. The molecular weight excluding hydrogens is 224 g/mol. The summed E-state index contributed by atoms with van der Waals surface area (Å²) in [6.45, 7) is 6.77. The van der Waals surface area contributed by atoms with Crippen LogP contribution in [0.4, 0.5) is 0 Å². The Balaban J connectivity index is 2.21. The number of likely N-dealkylation sites (N-methyl/N-ethyl adjacent to an activating group) is 1. The summed E-state index contributed by atoms with van der Waals surface area (Å²) in [5, 5.41) is 3.39. The molecular formula is C15H22N2O. The molecule has 0 aliphatic heterocycles. The Morgan fingerprint density at radius 3 is 2.67 bits per heavy atom. The van der Waals surface area contributed by atoms with Crippen LogP contribution in [0.1, 0.15) is 33.1 Å². The summed E-state index contributed by atoms with van der Waals surface area (Å²) in [5.41, 5.74) is 2.04. The Bertz CT molecular complexity index is 483. The first-order valence-corrected chi connectivity index (χ1v) is 6.58. The number of aromatic nitrogens is 1. The fraction of sp³-hybridized carbons (Fsp3) is 0.533. The summed E-state index contributed by atoms with van der Waals surface area (Å²) in [4.78, 5) is 4.54. The highest BCUT2D eigenvalue weighted by atomic mass is 16.3. The maximum absolute atomic E-state index is 5.79. The summed E-state index contributed by atoms with van der Waals surface area (Å²) in [7, 11) is 2.00. The molecule has 0 spiro atoms. The fourth-order valence-electron chi connectivity index (χ4n) is 2.20. The number of nitrogens with one attached hydrogen (secondary N) is 1. The molecule has 1 aromatic heterocycles. The van der Waals surface area contributed by atoms with Gasteiger partial charge in [-0.15, -0.1) is 0 Å². The summed E-state index contributed by atoms with van der Waals surface area (Å²) < 4.78 is 5.79. The van der Waals surface area contributed by atoms with Crippen LogP contribution in [-0.2, 0) is 6.42 Å². The number of benzene rings is 1. The topological polar surface area (TPSA) is 38.1 Å². The molecule has 0 aliphatic carbocycles. The van der Waals surface area contributed by atoms with Gasteiger partial charge in [0, 0.05) is 12.5 Å². The minimum absolute atomic E-state index is 0.232. The Hall–Kier alpha value is -1.35. The van der Waals surface area contributed by atoms with Crippen molar-refractivity contribution in [2.75, 3.05) is 7.05 Å². The zero-order valence-corrected chi connectivity index (χ0v) is 11.7. The minimum Gasteiger partial charge on any atom is -0.441 e. The molecule has 0 bridgehead atoms. The van der Waals surface area contributed by atoms with Crippen LogP contribution >= 0.6 is 0 Å². The molecule has 1 aromatic carbocycles. The van der Waals surface area contributed by atoms with Crippen molar-refractivity contribution in [3.05, 3.63) is 30.2 Å². The molecule has 3 heteroatoms. The molecule has 0 saturated carbocycles. The van der Waals surface area contributed by atoms with Gasteiger partial charge in [-0.1, -0.05) is 32.9 Å². The molecule has 98 valence electrons. The van der Waals surface area contributed by atoms with E-state index in [1.54, 1.807) is 0 Å². The van der Waals surface area contributed by atoms with E-state index in [0.29, 0.717) is 6.04 Å². The van der Waals surface area contributed by atoms with Gasteiger partial charge in [0.25, 0.3) is 0 Å². The van der Waals surface area contributed by atoms with E-state index < -0.39 is 0 Å². The maximum atomic E-state index is 5.79. The number of fused-ring (bicyclic) bond motifs is 1. The highest BCUT2D eigenvalue weighted by Gasteiger charge is 2.28. The molecule has 2 aromatic rings. The van der Waals surface area contributed by atoms with E-state index in [2.05, 4.69) is 31.1 Å².